The number of carbonyl (C=O) groups excluding carboxylic acids is 2. The number of hydrogen-bond donors (Lipinski definition) is 0. The van der Waals surface area contributed by atoms with Crippen molar-refractivity contribution in [2.45, 2.75) is 18.9 Å². The van der Waals surface area contributed by atoms with Crippen LogP contribution in [0.3, 0.4) is 0 Å². The molecular weight excluding hydrogens is 476 g/mol. The fourth-order valence-corrected chi connectivity index (χ4v) is 5.35. The average molecular weight is 506 g/mol. The average Bonchev–Trinajstić information content (AvgIpc) is 2.93. The minimum atomic E-state index is -0.577. The fourth-order valence-electron chi connectivity index (χ4n) is 5.35. The van der Waals surface area contributed by atoms with Crippen LogP contribution in [-0.2, 0) is 9.59 Å². The van der Waals surface area contributed by atoms with Crippen LogP contribution in [0, 0.1) is 17.6 Å². The number of anilines is 2. The monoisotopic (exact) mass is 505 g/mol. The molecule has 0 bridgehead atoms. The Labute approximate surface area is 215 Å². The molecule has 3 aromatic rings. The summed E-state index contributed by atoms with van der Waals surface area (Å²) in [7, 11) is 1.57. The van der Waals surface area contributed by atoms with Crippen LogP contribution in [0.2, 0.25) is 0 Å². The van der Waals surface area contributed by atoms with E-state index in [-0.39, 0.29) is 29.9 Å². The zero-order valence-corrected chi connectivity index (χ0v) is 20.6. The van der Waals surface area contributed by atoms with Gasteiger partial charge in [-0.2, -0.15) is 0 Å². The molecule has 2 saturated heterocycles. The number of halogens is 2. The Bertz CT molecular complexity index is 1260. The van der Waals surface area contributed by atoms with Crippen molar-refractivity contribution in [1.29, 1.82) is 0 Å². The first-order chi connectivity index (χ1) is 18.0. The van der Waals surface area contributed by atoms with Crippen molar-refractivity contribution in [1.82, 2.24) is 4.90 Å². The molecule has 2 aliphatic heterocycles. The fraction of sp³-hybridized carbons (Fsp3) is 0.310. The van der Waals surface area contributed by atoms with Crippen molar-refractivity contribution in [3.63, 3.8) is 0 Å². The molecule has 0 radical (unpaired) electrons. The predicted molar refractivity (Wildman–Crippen MR) is 138 cm³/mol. The number of para-hydroxylation sites is 1. The third kappa shape index (κ3) is 5.01. The lowest BCUT2D eigenvalue weighted by Gasteiger charge is -2.44. The lowest BCUT2D eigenvalue weighted by molar-refractivity contribution is -0.138. The van der Waals surface area contributed by atoms with E-state index in [1.165, 1.54) is 18.2 Å². The maximum Gasteiger partial charge on any atom is 0.228 e. The number of nitrogens with zero attached hydrogens (tertiary/aromatic N) is 3. The number of benzene rings is 3. The Morgan fingerprint density at radius 1 is 0.892 bits per heavy atom. The highest BCUT2D eigenvalue weighted by molar-refractivity contribution is 5.97. The lowest BCUT2D eigenvalue weighted by atomic mass is 9.82. The van der Waals surface area contributed by atoms with Crippen LogP contribution >= 0.6 is 0 Å². The van der Waals surface area contributed by atoms with Crippen LogP contribution in [0.25, 0.3) is 0 Å². The van der Waals surface area contributed by atoms with Crippen molar-refractivity contribution >= 4 is 23.2 Å². The van der Waals surface area contributed by atoms with Gasteiger partial charge >= 0.3 is 0 Å². The van der Waals surface area contributed by atoms with Gasteiger partial charge in [-0.25, -0.2) is 8.78 Å². The van der Waals surface area contributed by atoms with Crippen LogP contribution < -0.4 is 14.5 Å². The SMILES string of the molecule is COc1ccc(N2C(=O)CC[C@@H](C(=O)N3CCN(c4ccccc4F)CC3)[C@@H]2c2ccc(F)cc2)cc1. The second-order valence-corrected chi connectivity index (χ2v) is 9.37. The van der Waals surface area contributed by atoms with Crippen molar-refractivity contribution in [3.05, 3.63) is 90.0 Å². The molecule has 8 heteroatoms. The number of amides is 2. The maximum absolute atomic E-state index is 14.3. The summed E-state index contributed by atoms with van der Waals surface area (Å²) in [4.78, 5) is 32.5. The summed E-state index contributed by atoms with van der Waals surface area (Å²) in [6, 6.07) is 19.2. The van der Waals surface area contributed by atoms with E-state index in [0.717, 1.165) is 0 Å². The molecule has 0 unspecified atom stereocenters. The number of ether oxygens (including phenoxy) is 1. The summed E-state index contributed by atoms with van der Waals surface area (Å²) in [5.74, 6) is -0.632. The molecule has 0 N–H and O–H groups in total. The summed E-state index contributed by atoms with van der Waals surface area (Å²) >= 11 is 0. The molecule has 0 spiro atoms. The largest absolute Gasteiger partial charge is 0.497 e. The number of hydrogen-bond acceptors (Lipinski definition) is 4. The standard InChI is InChI=1S/C29H29F2N3O3/c1-37-23-12-10-22(11-13-23)34-27(35)15-14-24(28(34)20-6-8-21(30)9-7-20)29(36)33-18-16-32(17-19-33)26-5-3-2-4-25(26)31/h2-13,24,28H,14-19H2,1H3/t24-,28+/m1/s1. The molecule has 0 saturated carbocycles. The highest BCUT2D eigenvalue weighted by Crippen LogP contribution is 2.41. The number of methoxy groups -OCH3 is 1. The van der Waals surface area contributed by atoms with Gasteiger partial charge in [0.05, 0.1) is 24.8 Å². The minimum absolute atomic E-state index is 0.0477. The third-order valence-electron chi connectivity index (χ3n) is 7.26. The molecule has 2 aliphatic rings. The van der Waals surface area contributed by atoms with E-state index < -0.39 is 12.0 Å². The van der Waals surface area contributed by atoms with E-state index in [4.69, 9.17) is 4.74 Å². The van der Waals surface area contributed by atoms with E-state index >= 15 is 0 Å². The Morgan fingerprint density at radius 2 is 1.57 bits per heavy atom. The maximum atomic E-state index is 14.3. The molecule has 6 nitrogen and oxygen atoms in total. The number of rotatable bonds is 5. The van der Waals surface area contributed by atoms with Gasteiger partial charge in [-0.3, -0.25) is 9.59 Å². The molecule has 5 rings (SSSR count). The molecule has 2 amide bonds. The van der Waals surface area contributed by atoms with Crippen LogP contribution in [0.1, 0.15) is 24.4 Å². The molecule has 192 valence electrons. The van der Waals surface area contributed by atoms with Gasteiger partial charge in [0.15, 0.2) is 0 Å². The van der Waals surface area contributed by atoms with Gasteiger partial charge in [-0.05, 0) is 60.5 Å². The topological polar surface area (TPSA) is 53.1 Å². The first-order valence-corrected chi connectivity index (χ1v) is 12.5. The van der Waals surface area contributed by atoms with E-state index in [9.17, 15) is 18.4 Å². The summed E-state index contributed by atoms with van der Waals surface area (Å²) in [5, 5.41) is 0. The van der Waals surface area contributed by atoms with Crippen LogP contribution in [0.5, 0.6) is 5.75 Å². The molecule has 0 aromatic heterocycles. The van der Waals surface area contributed by atoms with E-state index in [2.05, 4.69) is 0 Å². The van der Waals surface area contributed by atoms with Crippen molar-refractivity contribution in [2.24, 2.45) is 5.92 Å². The molecular formula is C29H29F2N3O3. The molecule has 0 aliphatic carbocycles. The third-order valence-corrected chi connectivity index (χ3v) is 7.26. The summed E-state index contributed by atoms with van der Waals surface area (Å²) in [6.07, 6.45) is 0.634. The quantitative estimate of drug-likeness (QED) is 0.500. The highest BCUT2D eigenvalue weighted by atomic mass is 19.1. The first-order valence-electron chi connectivity index (χ1n) is 12.5. The van der Waals surface area contributed by atoms with Crippen molar-refractivity contribution < 1.29 is 23.1 Å². The van der Waals surface area contributed by atoms with Gasteiger partial charge < -0.3 is 19.4 Å². The molecule has 37 heavy (non-hydrogen) atoms. The summed E-state index contributed by atoms with van der Waals surface area (Å²) in [5.41, 5.74) is 1.89. The van der Waals surface area contributed by atoms with Gasteiger partial charge in [0.25, 0.3) is 0 Å². The number of carbonyl (C=O) groups is 2. The molecule has 2 fully saturated rings. The number of piperazine rings is 1. The lowest BCUT2D eigenvalue weighted by Crippen LogP contribution is -2.54. The van der Waals surface area contributed by atoms with E-state index in [1.54, 1.807) is 71.5 Å². The summed E-state index contributed by atoms with van der Waals surface area (Å²) < 4.78 is 33.3. The minimum Gasteiger partial charge on any atom is -0.497 e. The second-order valence-electron chi connectivity index (χ2n) is 9.37. The Kier molecular flexibility index (Phi) is 7.08. The smallest absolute Gasteiger partial charge is 0.228 e. The zero-order chi connectivity index (χ0) is 25.9. The van der Waals surface area contributed by atoms with E-state index in [1.807, 2.05) is 4.90 Å². The van der Waals surface area contributed by atoms with E-state index in [0.29, 0.717) is 55.3 Å². The van der Waals surface area contributed by atoms with Gasteiger partial charge in [0.1, 0.15) is 17.4 Å². The van der Waals surface area contributed by atoms with Gasteiger partial charge in [0.2, 0.25) is 11.8 Å². The molecule has 2 atom stereocenters. The second kappa shape index (κ2) is 10.6. The van der Waals surface area contributed by atoms with Gasteiger partial charge in [-0.15, -0.1) is 0 Å². The zero-order valence-electron chi connectivity index (χ0n) is 20.6. The van der Waals surface area contributed by atoms with Gasteiger partial charge in [0, 0.05) is 38.3 Å². The highest BCUT2D eigenvalue weighted by Gasteiger charge is 2.43. The normalized spacial score (nSPS) is 20.2. The summed E-state index contributed by atoms with van der Waals surface area (Å²) in [6.45, 7) is 1.94. The van der Waals surface area contributed by atoms with Crippen LogP contribution in [-0.4, -0.2) is 50.0 Å². The Morgan fingerprint density at radius 3 is 2.22 bits per heavy atom. The Hall–Kier alpha value is -3.94. The first kappa shape index (κ1) is 24.7. The Balaban J connectivity index is 1.42. The van der Waals surface area contributed by atoms with Gasteiger partial charge in [-0.1, -0.05) is 24.3 Å². The number of piperidine rings is 1. The van der Waals surface area contributed by atoms with Crippen LogP contribution in [0.15, 0.2) is 72.8 Å². The predicted octanol–water partition coefficient (Wildman–Crippen LogP) is 4.81. The van der Waals surface area contributed by atoms with Crippen molar-refractivity contribution in [3.8, 4) is 5.75 Å². The molecule has 3 aromatic carbocycles. The molecule has 2 heterocycles. The van der Waals surface area contributed by atoms with Crippen LogP contribution in [0.4, 0.5) is 20.2 Å². The van der Waals surface area contributed by atoms with Crippen molar-refractivity contribution in [2.75, 3.05) is 43.1 Å².